The van der Waals surface area contributed by atoms with Crippen molar-refractivity contribution in [2.24, 2.45) is 0 Å². The Morgan fingerprint density at radius 1 is 0.833 bits per heavy atom. The van der Waals surface area contributed by atoms with Crippen LogP contribution in [0.2, 0.25) is 19.6 Å². The van der Waals surface area contributed by atoms with Gasteiger partial charge in [0.1, 0.15) is 17.0 Å². The number of rotatable bonds is 2. The second kappa shape index (κ2) is 6.51. The summed E-state index contributed by atoms with van der Waals surface area (Å²) < 4.78 is 21.1. The minimum absolute atomic E-state index is 0.169. The summed E-state index contributed by atoms with van der Waals surface area (Å²) in [6.07, 6.45) is 1.84. The zero-order chi connectivity index (χ0) is 21.2. The molecule has 5 rings (SSSR count). The normalized spacial score (nSPS) is 12.3. The highest BCUT2D eigenvalue weighted by molar-refractivity contribution is 6.88. The molecule has 0 fully saturated rings. The summed E-state index contributed by atoms with van der Waals surface area (Å²) >= 11 is 0. The van der Waals surface area contributed by atoms with Gasteiger partial charge in [0.15, 0.2) is 0 Å². The maximum Gasteiger partial charge on any atom is 0.144 e. The fraction of sp³-hybridized carbons (Fsp3) is 0.192. The van der Waals surface area contributed by atoms with Crippen LogP contribution in [0.5, 0.6) is 0 Å². The smallest absolute Gasteiger partial charge is 0.144 e. The van der Waals surface area contributed by atoms with Crippen molar-refractivity contribution in [3.05, 3.63) is 71.7 Å². The van der Waals surface area contributed by atoms with Crippen molar-refractivity contribution in [2.45, 2.75) is 33.5 Å². The summed E-state index contributed by atoms with van der Waals surface area (Å²) in [5.74, 6) is -0.169. The highest BCUT2D eigenvalue weighted by Gasteiger charge is 2.24. The highest BCUT2D eigenvalue weighted by atomic mass is 28.3. The molecule has 2 heterocycles. The van der Waals surface area contributed by atoms with Crippen LogP contribution >= 0.6 is 0 Å². The Morgan fingerprint density at radius 3 is 2.40 bits per heavy atom. The zero-order valence-electron chi connectivity index (χ0n) is 17.9. The Morgan fingerprint density at radius 2 is 1.63 bits per heavy atom. The van der Waals surface area contributed by atoms with Gasteiger partial charge in [0.05, 0.1) is 13.8 Å². The number of fused-ring (bicyclic) bond motifs is 4. The lowest BCUT2D eigenvalue weighted by Crippen LogP contribution is -2.39. The van der Waals surface area contributed by atoms with Crippen molar-refractivity contribution in [3.8, 4) is 11.3 Å². The molecule has 0 aliphatic carbocycles. The Bertz CT molecular complexity index is 1460. The summed E-state index contributed by atoms with van der Waals surface area (Å²) in [6.45, 7) is 10.7. The minimum Gasteiger partial charge on any atom is -0.455 e. The molecule has 4 heteroatoms. The number of hydrogen-bond donors (Lipinski definition) is 0. The molecule has 0 bridgehead atoms. The average Bonchev–Trinajstić information content (AvgIpc) is 3.02. The van der Waals surface area contributed by atoms with E-state index in [9.17, 15) is 4.39 Å². The van der Waals surface area contributed by atoms with Crippen molar-refractivity contribution < 1.29 is 8.81 Å². The Labute approximate surface area is 176 Å². The van der Waals surface area contributed by atoms with Gasteiger partial charge in [0.2, 0.25) is 0 Å². The van der Waals surface area contributed by atoms with E-state index < -0.39 is 8.07 Å². The predicted molar refractivity (Wildman–Crippen MR) is 127 cm³/mol. The second-order valence-corrected chi connectivity index (χ2v) is 14.3. The predicted octanol–water partition coefficient (Wildman–Crippen LogP) is 7.10. The van der Waals surface area contributed by atoms with E-state index >= 15 is 0 Å². The molecule has 5 aromatic rings. The Hall–Kier alpha value is -2.98. The van der Waals surface area contributed by atoms with Crippen LogP contribution in [0.25, 0.3) is 44.0 Å². The number of aryl methyl sites for hydroxylation is 2. The van der Waals surface area contributed by atoms with Crippen LogP contribution in [0.3, 0.4) is 0 Å². The summed E-state index contributed by atoms with van der Waals surface area (Å²) in [5.41, 5.74) is 5.55. The topological polar surface area (TPSA) is 26.0 Å². The molecule has 0 N–H and O–H groups in total. The van der Waals surface area contributed by atoms with Gasteiger partial charge in [0, 0.05) is 34.0 Å². The average molecular weight is 414 g/mol. The zero-order valence-corrected chi connectivity index (χ0v) is 18.9. The first-order valence-corrected chi connectivity index (χ1v) is 13.7. The van der Waals surface area contributed by atoms with Crippen molar-refractivity contribution in [1.29, 1.82) is 0 Å². The summed E-state index contributed by atoms with van der Waals surface area (Å²) in [6, 6.07) is 16.2. The molecule has 2 aromatic heterocycles. The number of aromatic nitrogens is 1. The third-order valence-electron chi connectivity index (χ3n) is 5.79. The Balaban J connectivity index is 1.88. The largest absolute Gasteiger partial charge is 0.455 e. The van der Waals surface area contributed by atoms with Gasteiger partial charge in [-0.05, 0) is 54.2 Å². The number of benzene rings is 3. The lowest BCUT2D eigenvalue weighted by Gasteiger charge is -2.17. The molecule has 0 spiro atoms. The van der Waals surface area contributed by atoms with Gasteiger partial charge < -0.3 is 4.42 Å². The van der Waals surface area contributed by atoms with E-state index in [2.05, 4.69) is 63.8 Å². The van der Waals surface area contributed by atoms with E-state index in [0.717, 1.165) is 49.1 Å². The van der Waals surface area contributed by atoms with E-state index in [-0.39, 0.29) is 5.82 Å². The third kappa shape index (κ3) is 2.94. The van der Waals surface area contributed by atoms with Crippen LogP contribution in [0, 0.1) is 19.7 Å². The second-order valence-electron chi connectivity index (χ2n) is 9.25. The highest BCUT2D eigenvalue weighted by Crippen LogP contribution is 2.38. The lowest BCUT2D eigenvalue weighted by molar-refractivity contribution is 0.624. The van der Waals surface area contributed by atoms with E-state index in [1.165, 1.54) is 5.56 Å². The first-order chi connectivity index (χ1) is 14.2. The van der Waals surface area contributed by atoms with E-state index in [1.54, 1.807) is 6.07 Å². The number of halogens is 1. The van der Waals surface area contributed by atoms with Gasteiger partial charge in [-0.3, -0.25) is 4.98 Å². The quantitative estimate of drug-likeness (QED) is 0.288. The molecule has 150 valence electrons. The van der Waals surface area contributed by atoms with E-state index in [0.29, 0.717) is 5.58 Å². The SMILES string of the molecule is Cc1ccc2c(-c3cc(C)cc4c3oc3cc(F)c([Si](C)(C)C)cc34)nccc2c1. The monoisotopic (exact) mass is 413 g/mol. The van der Waals surface area contributed by atoms with Crippen molar-refractivity contribution in [3.63, 3.8) is 0 Å². The van der Waals surface area contributed by atoms with Crippen molar-refractivity contribution in [2.75, 3.05) is 0 Å². The maximum atomic E-state index is 14.9. The van der Waals surface area contributed by atoms with Gasteiger partial charge in [-0.2, -0.15) is 0 Å². The number of furan rings is 1. The number of nitrogens with zero attached hydrogens (tertiary/aromatic N) is 1. The van der Waals surface area contributed by atoms with E-state index in [4.69, 9.17) is 9.40 Å². The standard InChI is InChI=1S/C26H24FNOSi/c1-15-6-7-18-17(10-15)8-9-28-25(18)21-12-16(2)11-20-19-13-24(30(3,4)5)22(27)14-23(19)29-26(20)21/h6-14H,1-5H3. The molecule has 0 saturated heterocycles. The Kier molecular flexibility index (Phi) is 4.12. The van der Waals surface area contributed by atoms with Gasteiger partial charge in [-0.25, -0.2) is 4.39 Å². The molecule has 0 atom stereocenters. The first kappa shape index (κ1) is 19.0. The molecule has 0 aliphatic rings. The van der Waals surface area contributed by atoms with E-state index in [1.807, 2.05) is 18.3 Å². The summed E-state index contributed by atoms with van der Waals surface area (Å²) in [5, 5.41) is 5.07. The maximum absolute atomic E-state index is 14.9. The third-order valence-corrected chi connectivity index (χ3v) is 7.79. The molecule has 30 heavy (non-hydrogen) atoms. The molecule has 0 radical (unpaired) electrons. The van der Waals surface area contributed by atoms with Crippen LogP contribution in [0.4, 0.5) is 4.39 Å². The van der Waals surface area contributed by atoms with Crippen LogP contribution in [-0.2, 0) is 0 Å². The summed E-state index contributed by atoms with van der Waals surface area (Å²) in [4.78, 5) is 4.72. The van der Waals surface area contributed by atoms with Gasteiger partial charge in [0.25, 0.3) is 0 Å². The number of hydrogen-bond acceptors (Lipinski definition) is 2. The molecular formula is C26H24FNOSi. The minimum atomic E-state index is -1.82. The fourth-order valence-electron chi connectivity index (χ4n) is 4.31. The fourth-order valence-corrected chi connectivity index (χ4v) is 5.67. The molecule has 0 saturated carbocycles. The van der Waals surface area contributed by atoms with Crippen LogP contribution in [0.15, 0.2) is 59.1 Å². The number of pyridine rings is 1. The van der Waals surface area contributed by atoms with Gasteiger partial charge in [-0.1, -0.05) is 43.4 Å². The lowest BCUT2D eigenvalue weighted by atomic mass is 9.98. The van der Waals surface area contributed by atoms with Crippen LogP contribution in [-0.4, -0.2) is 13.1 Å². The molecule has 0 amide bonds. The molecule has 2 nitrogen and oxygen atoms in total. The summed E-state index contributed by atoms with van der Waals surface area (Å²) in [7, 11) is -1.82. The molecule has 0 unspecified atom stereocenters. The van der Waals surface area contributed by atoms with Crippen molar-refractivity contribution >= 4 is 46.0 Å². The van der Waals surface area contributed by atoms with Crippen LogP contribution in [0.1, 0.15) is 11.1 Å². The first-order valence-electron chi connectivity index (χ1n) is 10.2. The molecule has 0 aliphatic heterocycles. The van der Waals surface area contributed by atoms with Gasteiger partial charge in [-0.15, -0.1) is 0 Å². The van der Waals surface area contributed by atoms with Crippen molar-refractivity contribution in [1.82, 2.24) is 4.98 Å². The van der Waals surface area contributed by atoms with Gasteiger partial charge >= 0.3 is 0 Å². The molecule has 3 aromatic carbocycles. The molecular weight excluding hydrogens is 389 g/mol. The van der Waals surface area contributed by atoms with Crippen LogP contribution < -0.4 is 5.19 Å².